The second kappa shape index (κ2) is 10.3. The summed E-state index contributed by atoms with van der Waals surface area (Å²) in [5.74, 6) is -56.3. The van der Waals surface area contributed by atoms with Crippen molar-refractivity contribution < 1.29 is 79.4 Å². The van der Waals surface area contributed by atoms with E-state index in [1.807, 2.05) is 0 Å². The van der Waals surface area contributed by atoms with Gasteiger partial charge in [-0.3, -0.25) is 0 Å². The minimum Gasteiger partial charge on any atom is -0.497 e. The van der Waals surface area contributed by atoms with Crippen LogP contribution in [-0.2, 0) is 5.92 Å². The van der Waals surface area contributed by atoms with Crippen molar-refractivity contribution >= 4 is 12.2 Å². The van der Waals surface area contributed by atoms with Gasteiger partial charge in [0.15, 0.2) is 0 Å². The molecule has 0 unspecified atom stereocenters. The van der Waals surface area contributed by atoms with Crippen molar-refractivity contribution in [1.82, 2.24) is 0 Å². The molecule has 0 saturated carbocycles. The van der Waals surface area contributed by atoms with Crippen LogP contribution in [0.25, 0.3) is 12.2 Å². The van der Waals surface area contributed by atoms with Crippen LogP contribution in [-0.4, -0.2) is 48.8 Å². The normalized spacial score (nSPS) is 15.0. The van der Waals surface area contributed by atoms with Crippen LogP contribution in [0.3, 0.4) is 0 Å². The molecule has 0 radical (unpaired) electrons. The van der Waals surface area contributed by atoms with Crippen LogP contribution < -0.4 is 4.74 Å². The highest BCUT2D eigenvalue weighted by Gasteiger charge is 2.95. The Morgan fingerprint density at radius 1 is 0.439 bits per heavy atom. The number of halogens is 17. The fraction of sp³-hybridized carbons (Fsp3) is 0.391. The highest BCUT2D eigenvalue weighted by Crippen LogP contribution is 2.65. The van der Waals surface area contributed by atoms with Crippen LogP contribution in [0.2, 0.25) is 0 Å². The zero-order chi connectivity index (χ0) is 32.1. The number of benzene rings is 2. The molecule has 0 aliphatic heterocycles. The standard InChI is InChI=1S/C23H13F17O/c1-41-15-10-6-13(7-11-15)3-2-12-4-8-14(9-5-12)16(24,25)17(26,27)18(28,29)19(30,31)20(32,33)21(34,35)22(36,37)23(38,39)40/h2-11H,1H3/b3-2+. The van der Waals surface area contributed by atoms with Gasteiger partial charge in [-0.15, -0.1) is 0 Å². The molecule has 2 rings (SSSR count). The lowest BCUT2D eigenvalue weighted by Crippen LogP contribution is -2.74. The molecule has 0 amide bonds. The Balaban J connectivity index is 2.47. The number of hydrogen-bond acceptors (Lipinski definition) is 1. The van der Waals surface area contributed by atoms with E-state index < -0.39 is 53.2 Å². The number of methoxy groups -OCH3 is 1. The van der Waals surface area contributed by atoms with E-state index in [1.54, 1.807) is 0 Å². The van der Waals surface area contributed by atoms with Gasteiger partial charge in [-0.05, 0) is 23.3 Å². The summed E-state index contributed by atoms with van der Waals surface area (Å²) >= 11 is 0. The Morgan fingerprint density at radius 2 is 0.756 bits per heavy atom. The van der Waals surface area contributed by atoms with Crippen molar-refractivity contribution in [3.63, 3.8) is 0 Å². The molecule has 41 heavy (non-hydrogen) atoms. The number of rotatable bonds is 10. The maximum Gasteiger partial charge on any atom is 0.460 e. The van der Waals surface area contributed by atoms with Gasteiger partial charge in [0.2, 0.25) is 0 Å². The van der Waals surface area contributed by atoms with Crippen molar-refractivity contribution in [3.05, 3.63) is 65.2 Å². The molecule has 0 spiro atoms. The van der Waals surface area contributed by atoms with Crippen LogP contribution >= 0.6 is 0 Å². The van der Waals surface area contributed by atoms with E-state index in [4.69, 9.17) is 4.74 Å². The van der Waals surface area contributed by atoms with Crippen molar-refractivity contribution in [2.24, 2.45) is 0 Å². The second-order valence-corrected chi connectivity index (χ2v) is 8.25. The molecule has 0 aliphatic rings. The predicted octanol–water partition coefficient (Wildman–Crippen LogP) is 9.33. The summed E-state index contributed by atoms with van der Waals surface area (Å²) in [6.07, 6.45) is -5.33. The first-order valence-electron chi connectivity index (χ1n) is 10.4. The average molecular weight is 628 g/mol. The zero-order valence-electron chi connectivity index (χ0n) is 19.6. The Kier molecular flexibility index (Phi) is 8.50. The molecule has 0 N–H and O–H groups in total. The second-order valence-electron chi connectivity index (χ2n) is 8.25. The molecule has 0 aromatic heterocycles. The minimum absolute atomic E-state index is 0.0691. The topological polar surface area (TPSA) is 9.23 Å². The van der Waals surface area contributed by atoms with E-state index in [-0.39, 0.29) is 17.7 Å². The van der Waals surface area contributed by atoms with Crippen LogP contribution in [0.1, 0.15) is 16.7 Å². The lowest BCUT2D eigenvalue weighted by Gasteiger charge is -2.42. The van der Waals surface area contributed by atoms with E-state index >= 15 is 0 Å². The molecule has 2 aromatic carbocycles. The summed E-state index contributed by atoms with van der Waals surface area (Å²) in [6.45, 7) is 0. The average Bonchev–Trinajstić information content (AvgIpc) is 2.86. The number of ether oxygens (including phenoxy) is 1. The quantitative estimate of drug-likeness (QED) is 0.188. The molecule has 230 valence electrons. The summed E-state index contributed by atoms with van der Waals surface area (Å²) in [4.78, 5) is 0. The molecular weight excluding hydrogens is 615 g/mol. The van der Waals surface area contributed by atoms with Crippen molar-refractivity contribution in [2.75, 3.05) is 7.11 Å². The molecule has 0 atom stereocenters. The minimum atomic E-state index is -8.65. The molecule has 0 saturated heterocycles. The Hall–Kier alpha value is -3.21. The largest absolute Gasteiger partial charge is 0.497 e. The SMILES string of the molecule is COc1ccc(/C=C/c2ccc(C(F)(F)C(F)(F)C(F)(F)C(F)(F)C(F)(F)C(F)(F)C(F)(F)C(F)(F)F)cc2)cc1. The first kappa shape index (κ1) is 34.0. The van der Waals surface area contributed by atoms with Crippen molar-refractivity contribution in [1.29, 1.82) is 0 Å². The van der Waals surface area contributed by atoms with Crippen LogP contribution in [0, 0.1) is 0 Å². The number of alkyl halides is 17. The fourth-order valence-electron chi connectivity index (χ4n) is 3.06. The van der Waals surface area contributed by atoms with Crippen LogP contribution in [0.4, 0.5) is 74.6 Å². The summed E-state index contributed by atoms with van der Waals surface area (Å²) in [6, 6.07) is 6.89. The molecule has 18 heteroatoms. The Labute approximate surface area is 218 Å². The third-order valence-electron chi connectivity index (χ3n) is 5.58. The summed E-state index contributed by atoms with van der Waals surface area (Å²) in [5.41, 5.74) is -1.92. The first-order valence-corrected chi connectivity index (χ1v) is 10.4. The monoisotopic (exact) mass is 628 g/mol. The molecule has 0 heterocycles. The van der Waals surface area contributed by atoms with Gasteiger partial charge < -0.3 is 4.74 Å². The molecular formula is C23H13F17O. The van der Waals surface area contributed by atoms with Gasteiger partial charge in [0.25, 0.3) is 0 Å². The van der Waals surface area contributed by atoms with Crippen LogP contribution in [0.5, 0.6) is 5.75 Å². The smallest absolute Gasteiger partial charge is 0.460 e. The highest BCUT2D eigenvalue weighted by molar-refractivity contribution is 5.70. The van der Waals surface area contributed by atoms with E-state index in [9.17, 15) is 74.6 Å². The van der Waals surface area contributed by atoms with E-state index in [1.165, 1.54) is 37.5 Å². The van der Waals surface area contributed by atoms with E-state index in [0.29, 0.717) is 23.4 Å². The van der Waals surface area contributed by atoms with Crippen molar-refractivity contribution in [3.8, 4) is 5.75 Å². The zero-order valence-corrected chi connectivity index (χ0v) is 19.6. The fourth-order valence-corrected chi connectivity index (χ4v) is 3.06. The maximum absolute atomic E-state index is 14.4. The lowest BCUT2D eigenvalue weighted by molar-refractivity contribution is -0.462. The lowest BCUT2D eigenvalue weighted by atomic mass is 9.87. The molecule has 0 fully saturated rings. The van der Waals surface area contributed by atoms with E-state index in [0.717, 1.165) is 6.08 Å². The van der Waals surface area contributed by atoms with Gasteiger partial charge in [-0.2, -0.15) is 74.6 Å². The van der Waals surface area contributed by atoms with Gasteiger partial charge in [-0.25, -0.2) is 0 Å². The summed E-state index contributed by atoms with van der Waals surface area (Å²) < 4.78 is 233. The summed E-state index contributed by atoms with van der Waals surface area (Å²) in [5, 5.41) is 0. The molecule has 1 nitrogen and oxygen atoms in total. The van der Waals surface area contributed by atoms with Crippen molar-refractivity contribution in [2.45, 2.75) is 47.6 Å². The van der Waals surface area contributed by atoms with Gasteiger partial charge in [0, 0.05) is 5.56 Å². The third-order valence-corrected chi connectivity index (χ3v) is 5.58. The van der Waals surface area contributed by atoms with Gasteiger partial charge in [0.1, 0.15) is 5.75 Å². The Morgan fingerprint density at radius 3 is 1.10 bits per heavy atom. The van der Waals surface area contributed by atoms with Gasteiger partial charge in [0.05, 0.1) is 7.11 Å². The van der Waals surface area contributed by atoms with Crippen LogP contribution in [0.15, 0.2) is 48.5 Å². The van der Waals surface area contributed by atoms with Gasteiger partial charge in [-0.1, -0.05) is 48.6 Å². The Bertz CT molecular complexity index is 1230. The first-order chi connectivity index (χ1) is 18.2. The molecule has 0 bridgehead atoms. The van der Waals surface area contributed by atoms with E-state index in [2.05, 4.69) is 0 Å². The maximum atomic E-state index is 14.4. The summed E-state index contributed by atoms with van der Waals surface area (Å²) in [7, 11) is 1.36. The van der Waals surface area contributed by atoms with Gasteiger partial charge >= 0.3 is 47.6 Å². The number of hydrogen-bond donors (Lipinski definition) is 0. The predicted molar refractivity (Wildman–Crippen MR) is 108 cm³/mol. The highest BCUT2D eigenvalue weighted by atomic mass is 19.4. The molecule has 2 aromatic rings. The molecule has 0 aliphatic carbocycles. The third kappa shape index (κ3) is 5.17.